The molecule has 316 valence electrons. The third-order valence-corrected chi connectivity index (χ3v) is 12.8. The van der Waals surface area contributed by atoms with Gasteiger partial charge in [0.05, 0.1) is 53.9 Å². The summed E-state index contributed by atoms with van der Waals surface area (Å²) in [5, 5.41) is 16.1. The van der Waals surface area contributed by atoms with E-state index < -0.39 is 11.6 Å². The smallest absolute Gasteiger partial charge is 0.343 e. The van der Waals surface area contributed by atoms with Crippen molar-refractivity contribution in [3.63, 3.8) is 0 Å². The third kappa shape index (κ3) is 7.37. The maximum absolute atomic E-state index is 15.6. The van der Waals surface area contributed by atoms with E-state index in [1.165, 1.54) is 0 Å². The van der Waals surface area contributed by atoms with E-state index >= 15 is 4.39 Å². The Labute approximate surface area is 353 Å². The van der Waals surface area contributed by atoms with Gasteiger partial charge < -0.3 is 34.1 Å². The molecule has 12 nitrogen and oxygen atoms in total. The summed E-state index contributed by atoms with van der Waals surface area (Å²) in [5.74, 6) is 1.68. The van der Waals surface area contributed by atoms with E-state index in [4.69, 9.17) is 29.2 Å². The van der Waals surface area contributed by atoms with Gasteiger partial charge in [0.2, 0.25) is 0 Å². The molecule has 3 aromatic carbocycles. The number of likely N-dealkylation sites (tertiary alicyclic amines) is 1. The minimum Gasteiger partial charge on any atom is -0.493 e. The van der Waals surface area contributed by atoms with E-state index in [0.29, 0.717) is 87.7 Å². The van der Waals surface area contributed by atoms with Crippen molar-refractivity contribution in [2.45, 2.75) is 84.0 Å². The summed E-state index contributed by atoms with van der Waals surface area (Å²) < 4.78 is 34.7. The lowest BCUT2D eigenvalue weighted by Crippen LogP contribution is -2.44. The molecule has 0 aliphatic carbocycles. The Hall–Kier alpha value is -5.92. The number of fused-ring (bicyclic) bond motifs is 6. The summed E-state index contributed by atoms with van der Waals surface area (Å²) >= 11 is 0. The second-order valence-electron chi connectivity index (χ2n) is 17.2. The number of ether oxygens (including phenoxy) is 3. The van der Waals surface area contributed by atoms with E-state index in [1.54, 1.807) is 36.8 Å². The lowest BCUT2D eigenvalue weighted by atomic mass is 9.86. The summed E-state index contributed by atoms with van der Waals surface area (Å²) in [6.07, 6.45) is 2.70. The Morgan fingerprint density at radius 1 is 0.967 bits per heavy atom. The Morgan fingerprint density at radius 2 is 1.75 bits per heavy atom. The van der Waals surface area contributed by atoms with Gasteiger partial charge in [0.25, 0.3) is 5.56 Å². The van der Waals surface area contributed by atoms with Crippen molar-refractivity contribution in [3.05, 3.63) is 110 Å². The fourth-order valence-corrected chi connectivity index (χ4v) is 8.90. The minimum absolute atomic E-state index is 0.0285. The van der Waals surface area contributed by atoms with Crippen LogP contribution in [0.4, 0.5) is 15.9 Å². The number of carbonyl (C=O) groups excluding carboxylic acids is 1. The van der Waals surface area contributed by atoms with E-state index in [1.807, 2.05) is 44.2 Å². The van der Waals surface area contributed by atoms with Crippen LogP contribution in [0.15, 0.2) is 65.5 Å². The Bertz CT molecular complexity index is 2780. The van der Waals surface area contributed by atoms with Crippen LogP contribution in [-0.4, -0.2) is 69.3 Å². The van der Waals surface area contributed by atoms with E-state index in [9.17, 15) is 14.7 Å². The van der Waals surface area contributed by atoms with Gasteiger partial charge in [-0.3, -0.25) is 4.79 Å². The highest BCUT2D eigenvalue weighted by atomic mass is 19.1. The fraction of sp³-hybridized carbons (Fsp3) is 0.396. The molecule has 0 radical (unpaired) electrons. The van der Waals surface area contributed by atoms with Gasteiger partial charge in [-0.1, -0.05) is 39.8 Å². The number of anilines is 2. The molecule has 61 heavy (non-hydrogen) atoms. The summed E-state index contributed by atoms with van der Waals surface area (Å²) in [6, 6.07) is 18.9. The number of halogens is 1. The lowest BCUT2D eigenvalue weighted by molar-refractivity contribution is -0.172. The largest absolute Gasteiger partial charge is 0.493 e. The van der Waals surface area contributed by atoms with Crippen molar-refractivity contribution in [2.75, 3.05) is 39.2 Å². The molecule has 1 unspecified atom stereocenters. The normalized spacial score (nSPS) is 18.2. The van der Waals surface area contributed by atoms with Gasteiger partial charge in [0.15, 0.2) is 17.1 Å². The van der Waals surface area contributed by atoms with Gasteiger partial charge in [-0.2, -0.15) is 0 Å². The van der Waals surface area contributed by atoms with Crippen molar-refractivity contribution in [1.82, 2.24) is 24.4 Å². The van der Waals surface area contributed by atoms with Crippen LogP contribution in [0.2, 0.25) is 0 Å². The molecule has 0 spiro atoms. The number of esters is 1. The first-order valence-corrected chi connectivity index (χ1v) is 21.2. The number of rotatable bonds is 11. The third-order valence-electron chi connectivity index (χ3n) is 12.8. The van der Waals surface area contributed by atoms with Gasteiger partial charge in [0.1, 0.15) is 24.1 Å². The van der Waals surface area contributed by atoms with Crippen molar-refractivity contribution >= 4 is 39.3 Å². The minimum atomic E-state index is -1.89. The number of nitrogens with one attached hydrogen (secondary N) is 1. The molecule has 2 N–H and O–H groups in total. The highest BCUT2D eigenvalue weighted by Crippen LogP contribution is 2.40. The van der Waals surface area contributed by atoms with Crippen LogP contribution in [0.5, 0.6) is 11.5 Å². The molecule has 9 rings (SSSR count). The lowest BCUT2D eigenvalue weighted by Gasteiger charge is -2.31. The summed E-state index contributed by atoms with van der Waals surface area (Å²) in [6.45, 7) is 10.7. The summed E-state index contributed by atoms with van der Waals surface area (Å²) in [4.78, 5) is 43.7. The number of methoxy groups -OCH3 is 1. The second-order valence-corrected chi connectivity index (χ2v) is 17.2. The first kappa shape index (κ1) is 40.5. The molecule has 13 heteroatoms. The summed E-state index contributed by atoms with van der Waals surface area (Å²) in [5.41, 5.74) is 4.16. The highest BCUT2D eigenvalue weighted by Gasteiger charge is 2.45. The zero-order chi connectivity index (χ0) is 42.7. The molecule has 6 aromatic rings. The number of hydrogen-bond donors (Lipinski definition) is 2. The predicted octanol–water partition coefficient (Wildman–Crippen LogP) is 8.10. The van der Waals surface area contributed by atoms with Crippen LogP contribution in [0, 0.1) is 11.7 Å². The molecule has 0 amide bonds. The van der Waals surface area contributed by atoms with Crippen molar-refractivity contribution in [1.29, 1.82) is 0 Å². The average molecular weight is 827 g/mol. The van der Waals surface area contributed by atoms with Crippen LogP contribution in [0.1, 0.15) is 92.4 Å². The van der Waals surface area contributed by atoms with Gasteiger partial charge in [-0.15, -0.1) is 0 Å². The molecule has 0 saturated carbocycles. The fourth-order valence-electron chi connectivity index (χ4n) is 8.90. The molecular weight excluding hydrogens is 776 g/mol. The molecule has 3 aliphatic heterocycles. The Balaban J connectivity index is 1.04. The van der Waals surface area contributed by atoms with Crippen LogP contribution in [0.3, 0.4) is 0 Å². The van der Waals surface area contributed by atoms with Gasteiger partial charge in [0, 0.05) is 34.4 Å². The standard InChI is InChI=1S/C48H51FN6O6/c1-7-48(58)35-21-40-44-32(23-55(40)46(56)34(35)25-61-47(48)57)18-31-17-30(9-10-37(31)51-44)27(4)16-43-50-39-22-42(60-24-28-12-14-54(5)15-13-28)41(59-6)20-33(39)45(53-43)52-38-11-8-29(26(2)3)19-36(38)49/h8-11,17-22,26-28,58H,7,12-16,23-25H2,1-6H3,(H,50,52,53)/t27?,48-/m0/s1. The van der Waals surface area contributed by atoms with E-state index in [2.05, 4.69) is 36.3 Å². The van der Waals surface area contributed by atoms with Gasteiger partial charge in [-0.05, 0) is 111 Å². The van der Waals surface area contributed by atoms with Crippen LogP contribution < -0.4 is 20.3 Å². The molecule has 1 fully saturated rings. The van der Waals surface area contributed by atoms with Crippen molar-refractivity contribution in [3.8, 4) is 22.9 Å². The van der Waals surface area contributed by atoms with Crippen molar-refractivity contribution < 1.29 is 28.5 Å². The Kier molecular flexibility index (Phi) is 10.5. The highest BCUT2D eigenvalue weighted by molar-refractivity contribution is 5.93. The summed E-state index contributed by atoms with van der Waals surface area (Å²) in [7, 11) is 3.76. The predicted molar refractivity (Wildman–Crippen MR) is 232 cm³/mol. The number of aromatic nitrogens is 4. The number of nitrogens with zero attached hydrogens (tertiary/aromatic N) is 5. The Morgan fingerprint density at radius 3 is 2.49 bits per heavy atom. The molecular formula is C48H51FN6O6. The maximum atomic E-state index is 15.6. The first-order valence-electron chi connectivity index (χ1n) is 21.2. The van der Waals surface area contributed by atoms with Crippen LogP contribution in [0.25, 0.3) is 33.2 Å². The molecule has 3 aliphatic rings. The molecule has 3 aromatic heterocycles. The molecule has 6 heterocycles. The van der Waals surface area contributed by atoms with Gasteiger partial charge in [-0.25, -0.2) is 24.1 Å². The number of carbonyl (C=O) groups is 1. The second kappa shape index (κ2) is 15.8. The van der Waals surface area contributed by atoms with E-state index in [0.717, 1.165) is 53.5 Å². The number of benzene rings is 3. The molecule has 0 bridgehead atoms. The number of cyclic esters (lactones) is 1. The molecule has 1 saturated heterocycles. The number of aliphatic hydroxyl groups is 1. The van der Waals surface area contributed by atoms with Crippen LogP contribution in [-0.2, 0) is 34.7 Å². The number of hydrogen-bond acceptors (Lipinski definition) is 11. The first-order chi connectivity index (χ1) is 29.3. The van der Waals surface area contributed by atoms with Crippen LogP contribution >= 0.6 is 0 Å². The monoisotopic (exact) mass is 826 g/mol. The SMILES string of the molecule is CC[C@@]1(O)C(=O)OCc2c1cc1n(c2=O)Cc2cc3cc(C(C)Cc4nc(Nc5ccc(C(C)C)cc5F)c5cc(OC)c(OCC6CCN(C)CC6)cc5n4)ccc3nc2-1. The number of piperidine rings is 1. The zero-order valence-corrected chi connectivity index (χ0v) is 35.5. The molecule has 2 atom stereocenters. The maximum Gasteiger partial charge on any atom is 0.343 e. The van der Waals surface area contributed by atoms with E-state index in [-0.39, 0.29) is 36.2 Å². The quantitative estimate of drug-likeness (QED) is 0.122. The average Bonchev–Trinajstić information content (AvgIpc) is 3.61. The zero-order valence-electron chi connectivity index (χ0n) is 35.5. The van der Waals surface area contributed by atoms with Gasteiger partial charge >= 0.3 is 5.97 Å². The van der Waals surface area contributed by atoms with Crippen molar-refractivity contribution in [2.24, 2.45) is 5.92 Å². The number of pyridine rings is 2. The topological polar surface area (TPSA) is 141 Å².